The summed E-state index contributed by atoms with van der Waals surface area (Å²) in [6, 6.07) is 4.66. The molecule has 5 rings (SSSR count). The van der Waals surface area contributed by atoms with E-state index in [0.717, 1.165) is 0 Å². The third-order valence-electron chi connectivity index (χ3n) is 7.52. The largest absolute Gasteiger partial charge is 0.310 e. The zero-order valence-corrected chi connectivity index (χ0v) is 23.7. The lowest BCUT2D eigenvalue weighted by atomic mass is 9.90. The van der Waals surface area contributed by atoms with Crippen molar-refractivity contribution < 1.29 is 38.9 Å². The van der Waals surface area contributed by atoms with Gasteiger partial charge in [0.15, 0.2) is 0 Å². The number of hydrogen-bond acceptors (Lipinski definition) is 2. The summed E-state index contributed by atoms with van der Waals surface area (Å²) in [5.74, 6) is 0. The Labute approximate surface area is 242 Å². The number of aryl methyl sites for hydroxylation is 2. The fourth-order valence-corrected chi connectivity index (χ4v) is 7.76. The molecule has 3 aromatic rings. The second-order valence-electron chi connectivity index (χ2n) is 10.4. The zero-order valence-electron chi connectivity index (χ0n) is 22.1. The predicted octanol–water partition coefficient (Wildman–Crippen LogP) is 9.86. The van der Waals surface area contributed by atoms with Crippen molar-refractivity contribution in [1.82, 2.24) is 0 Å². The van der Waals surface area contributed by atoms with E-state index in [-0.39, 0.29) is 28.3 Å². The molecule has 0 fully saturated rings. The molecule has 0 unspecified atom stereocenters. The van der Waals surface area contributed by atoms with Gasteiger partial charge in [-0.05, 0) is 94.1 Å². The number of fused-ring (bicyclic) bond motifs is 6. The number of hydrogen-bond donors (Lipinski definition) is 0. The second kappa shape index (κ2) is 7.71. The highest BCUT2D eigenvalue weighted by Crippen LogP contribution is 3.05. The molecule has 228 valence electrons. The minimum Gasteiger partial charge on any atom is -0.226 e. The summed E-state index contributed by atoms with van der Waals surface area (Å²) in [6.07, 6.45) is -1.36. The highest BCUT2D eigenvalue weighted by atomic mass is 32.5. The topological polar surface area (TPSA) is 56.3 Å². The third kappa shape index (κ3) is 4.62. The molecule has 0 bridgehead atoms. The van der Waals surface area contributed by atoms with Crippen molar-refractivity contribution >= 4 is 31.8 Å². The van der Waals surface area contributed by atoms with Gasteiger partial charge in [0.2, 0.25) is 0 Å². The summed E-state index contributed by atoms with van der Waals surface area (Å²) in [5.41, 5.74) is -3.85. The zero-order chi connectivity index (χ0) is 33.1. The maximum atomic E-state index is 14.3. The molecule has 4 nitrogen and oxygen atoms in total. The van der Waals surface area contributed by atoms with Crippen LogP contribution in [0.5, 0.6) is 0 Å². The lowest BCUT2D eigenvalue weighted by Crippen LogP contribution is -2.25. The molecule has 0 saturated carbocycles. The molecule has 0 amide bonds. The monoisotopic (exact) mass is 660 g/mol. The minimum atomic E-state index is -11.2. The van der Waals surface area contributed by atoms with Crippen LogP contribution in [0.15, 0.2) is 34.1 Å². The number of nitrogens with zero attached hydrogens (tertiary/aromatic N) is 4. The molecular weight excluding hydrogens is 646 g/mol. The van der Waals surface area contributed by atoms with Crippen molar-refractivity contribution in [2.45, 2.75) is 36.5 Å². The van der Waals surface area contributed by atoms with E-state index >= 15 is 0 Å². The van der Waals surface area contributed by atoms with Crippen molar-refractivity contribution in [2.24, 2.45) is 0 Å². The average Bonchev–Trinajstić information content (AvgIpc) is 3.42. The van der Waals surface area contributed by atoms with Crippen molar-refractivity contribution in [2.75, 3.05) is 0 Å². The summed E-state index contributed by atoms with van der Waals surface area (Å²) in [4.78, 5) is -0.281. The Morgan fingerprint density at radius 2 is 1.14 bits per heavy atom. The summed E-state index contributed by atoms with van der Waals surface area (Å²) >= 11 is 0. The Hall–Kier alpha value is -4.64. The van der Waals surface area contributed by atoms with E-state index < -0.39 is 87.7 Å². The Balaban J connectivity index is 2.21. The van der Waals surface area contributed by atoms with Crippen molar-refractivity contribution in [3.05, 3.63) is 90.9 Å². The van der Waals surface area contributed by atoms with Crippen LogP contribution in [-0.2, 0) is 12.8 Å². The highest BCUT2D eigenvalue weighted by molar-refractivity contribution is 8.46. The number of halogens is 10. The summed E-state index contributed by atoms with van der Waals surface area (Å²) in [7, 11) is -22.2. The Morgan fingerprint density at radius 1 is 0.659 bits per heavy atom. The Kier molecular flexibility index (Phi) is 5.39. The first-order valence-electron chi connectivity index (χ1n) is 12.0. The van der Waals surface area contributed by atoms with E-state index in [0.29, 0.717) is 16.7 Å². The van der Waals surface area contributed by atoms with Crippen LogP contribution in [0.25, 0.3) is 43.3 Å². The van der Waals surface area contributed by atoms with E-state index in [2.05, 4.69) is 9.69 Å². The Morgan fingerprint density at radius 3 is 1.59 bits per heavy atom. The van der Waals surface area contributed by atoms with Crippen LogP contribution in [0.1, 0.15) is 33.4 Å². The van der Waals surface area contributed by atoms with Crippen molar-refractivity contribution in [3.8, 4) is 34.4 Å². The van der Waals surface area contributed by atoms with Crippen LogP contribution >= 0.6 is 20.4 Å². The molecule has 0 N–H and O–H groups in total. The van der Waals surface area contributed by atoms with E-state index in [1.165, 1.54) is 12.1 Å². The summed E-state index contributed by atoms with van der Waals surface area (Å²) in [6.45, 7) is 18.4. The molecule has 0 heterocycles. The number of nitriles is 2. The summed E-state index contributed by atoms with van der Waals surface area (Å²) in [5, 5.41) is 18.7. The normalized spacial score (nSPS) is 17.8. The van der Waals surface area contributed by atoms with Crippen LogP contribution in [-0.4, -0.2) is 0 Å². The minimum absolute atomic E-state index is 0.0565. The maximum Gasteiger partial charge on any atom is 0.310 e. The average molecular weight is 661 g/mol. The molecule has 2 aliphatic rings. The van der Waals surface area contributed by atoms with E-state index in [1.54, 1.807) is 26.0 Å². The van der Waals surface area contributed by atoms with Gasteiger partial charge in [0.25, 0.3) is 11.4 Å². The van der Waals surface area contributed by atoms with Crippen LogP contribution < -0.4 is 10.4 Å². The first-order valence-corrected chi connectivity index (χ1v) is 15.9. The van der Waals surface area contributed by atoms with E-state index in [4.69, 9.17) is 13.1 Å². The van der Waals surface area contributed by atoms with Crippen LogP contribution in [0.2, 0.25) is 0 Å². The van der Waals surface area contributed by atoms with Crippen LogP contribution in [0, 0.1) is 49.7 Å². The van der Waals surface area contributed by atoms with Gasteiger partial charge in [0.1, 0.15) is 9.79 Å². The van der Waals surface area contributed by atoms with Gasteiger partial charge in [0.05, 0.1) is 25.3 Å². The molecule has 0 spiro atoms. The van der Waals surface area contributed by atoms with E-state index in [9.17, 15) is 49.4 Å². The second-order valence-corrected chi connectivity index (χ2v) is 15.2. The number of rotatable bonds is 2. The third-order valence-corrected chi connectivity index (χ3v) is 9.84. The molecule has 44 heavy (non-hydrogen) atoms. The van der Waals surface area contributed by atoms with Crippen molar-refractivity contribution in [1.29, 1.82) is 10.5 Å². The standard InChI is InChI=1S/C28H14F10N4S2/c1-13-5-14(2)16-9-20-25(22(11-39)41-3)21-10-17-19(27(21)28(23(12-40)42-4)26(20)18(16)6-13)7-15(43(29,30,31,32)33)8-24(17)44(34,35,36,37)38/h5-8H,9-10H2,1-2H3/b25-22+,28-23+. The molecule has 0 radical (unpaired) electrons. The smallest absolute Gasteiger partial charge is 0.226 e. The van der Waals surface area contributed by atoms with Gasteiger partial charge in [-0.3, -0.25) is 0 Å². The lowest BCUT2D eigenvalue weighted by Gasteiger charge is -2.45. The quantitative estimate of drug-likeness (QED) is 0.140. The molecule has 3 aromatic carbocycles. The van der Waals surface area contributed by atoms with Gasteiger partial charge in [-0.25, -0.2) is 20.2 Å². The number of benzene rings is 3. The highest BCUT2D eigenvalue weighted by Gasteiger charge is 2.70. The Bertz CT molecular complexity index is 2220. The molecular formula is C28H14F10N4S2. The molecule has 0 atom stereocenters. The van der Waals surface area contributed by atoms with E-state index in [1.807, 2.05) is 0 Å². The van der Waals surface area contributed by atoms with Gasteiger partial charge in [0, 0.05) is 5.22 Å². The lowest BCUT2D eigenvalue weighted by molar-refractivity contribution is 0.359. The van der Waals surface area contributed by atoms with Crippen LogP contribution in [0.3, 0.4) is 0 Å². The van der Waals surface area contributed by atoms with Crippen molar-refractivity contribution in [3.63, 3.8) is 0 Å². The molecule has 2 aliphatic carbocycles. The van der Waals surface area contributed by atoms with Crippen LogP contribution in [0.4, 0.5) is 38.9 Å². The molecule has 0 aromatic heterocycles. The molecule has 0 saturated heterocycles. The molecule has 0 aliphatic heterocycles. The van der Waals surface area contributed by atoms with Gasteiger partial charge in [-0.15, -0.1) is 0 Å². The SMILES string of the molecule is [C-]#[N+]/C(C#N)=c1\c2c(/c(=C(/C#N)[N+]#[C-])c3c1Cc1c-3cc(S(F)(F)(F)(F)F)cc1S(F)(F)(F)(F)F)-c1cc(C)cc(C)c1C2. The fourth-order valence-electron chi connectivity index (χ4n) is 6.00. The maximum absolute atomic E-state index is 14.3. The predicted molar refractivity (Wildman–Crippen MR) is 146 cm³/mol. The molecule has 16 heteroatoms. The summed E-state index contributed by atoms with van der Waals surface area (Å²) < 4.78 is 142. The van der Waals surface area contributed by atoms with Gasteiger partial charge < -0.3 is 0 Å². The van der Waals surface area contributed by atoms with Gasteiger partial charge in [-0.1, -0.05) is 56.6 Å². The van der Waals surface area contributed by atoms with Gasteiger partial charge >= 0.3 is 20.4 Å². The first kappa shape index (κ1) is 30.8. The first-order chi connectivity index (χ1) is 19.7. The van der Waals surface area contributed by atoms with Gasteiger partial charge in [-0.2, -0.15) is 0 Å². The fraction of sp³-hybridized carbons (Fsp3) is 0.143.